The van der Waals surface area contributed by atoms with Crippen molar-refractivity contribution in [3.8, 4) is 5.88 Å². The molecule has 1 aromatic heterocycles. The zero-order valence-electron chi connectivity index (χ0n) is 16.3. The molecular weight excluding hydrogens is 364 g/mol. The van der Waals surface area contributed by atoms with Crippen molar-refractivity contribution >= 4 is 23.8 Å². The van der Waals surface area contributed by atoms with Gasteiger partial charge in [0.2, 0.25) is 17.7 Å². The molecular formula is C18H26N6O4. The lowest BCUT2D eigenvalue weighted by Crippen LogP contribution is -2.47. The third kappa shape index (κ3) is 4.68. The van der Waals surface area contributed by atoms with Gasteiger partial charge >= 0.3 is 6.03 Å². The second-order valence-corrected chi connectivity index (χ2v) is 7.07. The van der Waals surface area contributed by atoms with Gasteiger partial charge in [0.25, 0.3) is 5.91 Å². The Balaban J connectivity index is 1.65. The number of likely N-dealkylation sites (N-methyl/N-ethyl adjacent to an activating group) is 1. The standard InChI is InChI=1S/C18H26N6O4/c1-22-11-16(26)24(18(22)27)12-15(25)23-9-5-3-4-6-13(10-23)20-17-19-8-7-14(21-17)28-2/h7-8,13H,3-6,9-12H2,1-2H3,(H,19,20,21)/t13-/m0/s1. The molecule has 4 amide bonds. The van der Waals surface area contributed by atoms with Gasteiger partial charge in [-0.3, -0.25) is 14.5 Å². The van der Waals surface area contributed by atoms with Gasteiger partial charge in [-0.2, -0.15) is 4.98 Å². The van der Waals surface area contributed by atoms with E-state index in [4.69, 9.17) is 4.74 Å². The Morgan fingerprint density at radius 1 is 1.32 bits per heavy atom. The van der Waals surface area contributed by atoms with Gasteiger partial charge in [-0.15, -0.1) is 0 Å². The van der Waals surface area contributed by atoms with Crippen molar-refractivity contribution in [2.75, 3.05) is 45.7 Å². The first-order chi connectivity index (χ1) is 13.5. The smallest absolute Gasteiger partial charge is 0.327 e. The maximum Gasteiger partial charge on any atom is 0.327 e. The number of methoxy groups -OCH3 is 1. The number of aromatic nitrogens is 2. The van der Waals surface area contributed by atoms with Crippen LogP contribution in [0.15, 0.2) is 12.3 Å². The van der Waals surface area contributed by atoms with Crippen molar-refractivity contribution in [2.24, 2.45) is 0 Å². The lowest BCUT2D eigenvalue weighted by atomic mass is 10.0. The first-order valence-corrected chi connectivity index (χ1v) is 9.44. The summed E-state index contributed by atoms with van der Waals surface area (Å²) in [7, 11) is 3.09. The predicted molar refractivity (Wildman–Crippen MR) is 101 cm³/mol. The highest BCUT2D eigenvalue weighted by Gasteiger charge is 2.36. The number of carbonyl (C=O) groups excluding carboxylic acids is 3. The van der Waals surface area contributed by atoms with Crippen LogP contribution in [0.1, 0.15) is 25.7 Å². The van der Waals surface area contributed by atoms with Gasteiger partial charge in [0, 0.05) is 38.4 Å². The van der Waals surface area contributed by atoms with Crippen LogP contribution in [-0.2, 0) is 9.59 Å². The summed E-state index contributed by atoms with van der Waals surface area (Å²) in [5, 5.41) is 3.27. The Kier molecular flexibility index (Phi) is 6.27. The highest BCUT2D eigenvalue weighted by Crippen LogP contribution is 2.17. The van der Waals surface area contributed by atoms with Crippen LogP contribution >= 0.6 is 0 Å². The lowest BCUT2D eigenvalue weighted by molar-refractivity contribution is -0.136. The Hall–Kier alpha value is -2.91. The number of urea groups is 1. The van der Waals surface area contributed by atoms with Crippen LogP contribution < -0.4 is 10.1 Å². The van der Waals surface area contributed by atoms with E-state index in [1.165, 1.54) is 4.90 Å². The topological polar surface area (TPSA) is 108 Å². The first-order valence-electron chi connectivity index (χ1n) is 9.44. The molecule has 3 heterocycles. The number of carbonyl (C=O) groups is 3. The molecule has 0 spiro atoms. The predicted octanol–water partition coefficient (Wildman–Crippen LogP) is 0.562. The Morgan fingerprint density at radius 2 is 2.14 bits per heavy atom. The summed E-state index contributed by atoms with van der Waals surface area (Å²) in [6.45, 7) is 0.862. The fourth-order valence-corrected chi connectivity index (χ4v) is 3.43. The molecule has 2 fully saturated rings. The molecule has 152 valence electrons. The zero-order valence-corrected chi connectivity index (χ0v) is 16.3. The second kappa shape index (κ2) is 8.85. The maximum absolute atomic E-state index is 12.8. The van der Waals surface area contributed by atoms with Crippen LogP contribution in [0, 0.1) is 0 Å². The molecule has 0 aliphatic carbocycles. The monoisotopic (exact) mass is 390 g/mol. The number of hydrogen-bond acceptors (Lipinski definition) is 7. The normalized spacial score (nSPS) is 20.8. The number of ether oxygens (including phenoxy) is 1. The van der Waals surface area contributed by atoms with Gasteiger partial charge in [-0.1, -0.05) is 12.8 Å². The van der Waals surface area contributed by atoms with E-state index in [1.54, 1.807) is 31.3 Å². The Labute approximate surface area is 163 Å². The number of nitrogens with zero attached hydrogens (tertiary/aromatic N) is 5. The van der Waals surface area contributed by atoms with Crippen molar-refractivity contribution in [2.45, 2.75) is 31.7 Å². The molecule has 0 radical (unpaired) electrons. The summed E-state index contributed by atoms with van der Waals surface area (Å²) in [6, 6.07) is 1.22. The van der Waals surface area contributed by atoms with Crippen molar-refractivity contribution in [3.63, 3.8) is 0 Å². The third-order valence-electron chi connectivity index (χ3n) is 4.97. The van der Waals surface area contributed by atoms with Gasteiger partial charge in [0.1, 0.15) is 13.1 Å². The average molecular weight is 390 g/mol. The van der Waals surface area contributed by atoms with E-state index in [2.05, 4.69) is 15.3 Å². The molecule has 2 aliphatic rings. The van der Waals surface area contributed by atoms with Gasteiger partial charge in [-0.05, 0) is 12.8 Å². The van der Waals surface area contributed by atoms with Gasteiger partial charge < -0.3 is 19.9 Å². The summed E-state index contributed by atoms with van der Waals surface area (Å²) in [6.07, 6.45) is 5.43. The molecule has 28 heavy (non-hydrogen) atoms. The SMILES string of the molecule is COc1ccnc(N[C@H]2CCCCCN(C(=O)CN3C(=O)CN(C)C3=O)C2)n1. The van der Waals surface area contributed by atoms with E-state index in [1.807, 2.05) is 0 Å². The average Bonchev–Trinajstić information content (AvgIpc) is 2.90. The highest BCUT2D eigenvalue weighted by atomic mass is 16.5. The van der Waals surface area contributed by atoms with E-state index in [-0.39, 0.29) is 30.9 Å². The lowest BCUT2D eigenvalue weighted by Gasteiger charge is -2.31. The van der Waals surface area contributed by atoms with Crippen molar-refractivity contribution < 1.29 is 19.1 Å². The number of anilines is 1. The van der Waals surface area contributed by atoms with Crippen LogP contribution in [0.4, 0.5) is 10.7 Å². The van der Waals surface area contributed by atoms with Gasteiger partial charge in [0.15, 0.2) is 0 Å². The number of hydrogen-bond donors (Lipinski definition) is 1. The minimum absolute atomic E-state index is 0.0173. The van der Waals surface area contributed by atoms with Crippen LogP contribution in [-0.4, -0.2) is 88.9 Å². The van der Waals surface area contributed by atoms with Crippen molar-refractivity contribution in [3.05, 3.63) is 12.3 Å². The van der Waals surface area contributed by atoms with Crippen molar-refractivity contribution in [1.29, 1.82) is 0 Å². The minimum atomic E-state index is -0.426. The Bertz CT molecular complexity index is 743. The van der Waals surface area contributed by atoms with Crippen LogP contribution in [0.5, 0.6) is 5.88 Å². The Morgan fingerprint density at radius 3 is 2.86 bits per heavy atom. The molecule has 2 saturated heterocycles. The number of likely N-dealkylation sites (tertiary alicyclic amines) is 1. The number of nitrogens with one attached hydrogen (secondary N) is 1. The molecule has 0 unspecified atom stereocenters. The second-order valence-electron chi connectivity index (χ2n) is 7.07. The summed E-state index contributed by atoms with van der Waals surface area (Å²) in [5.41, 5.74) is 0. The van der Waals surface area contributed by atoms with E-state index < -0.39 is 6.03 Å². The molecule has 1 atom stereocenters. The molecule has 10 heteroatoms. The molecule has 1 aromatic rings. The molecule has 2 aliphatic heterocycles. The largest absolute Gasteiger partial charge is 0.481 e. The number of imide groups is 1. The number of rotatable bonds is 5. The molecule has 0 saturated carbocycles. The van der Waals surface area contributed by atoms with Crippen LogP contribution in [0.25, 0.3) is 0 Å². The van der Waals surface area contributed by atoms with Crippen LogP contribution in [0.3, 0.4) is 0 Å². The van der Waals surface area contributed by atoms with Crippen molar-refractivity contribution in [1.82, 2.24) is 24.7 Å². The fraction of sp³-hybridized carbons (Fsp3) is 0.611. The molecule has 0 bridgehead atoms. The van der Waals surface area contributed by atoms with E-state index in [0.717, 1.165) is 30.6 Å². The molecule has 10 nitrogen and oxygen atoms in total. The summed E-state index contributed by atoms with van der Waals surface area (Å²) in [5.74, 6) is 0.347. The summed E-state index contributed by atoms with van der Waals surface area (Å²) in [4.78, 5) is 49.3. The number of amides is 4. The highest BCUT2D eigenvalue weighted by molar-refractivity contribution is 6.04. The van der Waals surface area contributed by atoms with Gasteiger partial charge in [0.05, 0.1) is 7.11 Å². The van der Waals surface area contributed by atoms with E-state index in [0.29, 0.717) is 24.9 Å². The quantitative estimate of drug-likeness (QED) is 0.732. The van der Waals surface area contributed by atoms with E-state index in [9.17, 15) is 14.4 Å². The summed E-state index contributed by atoms with van der Waals surface area (Å²) >= 11 is 0. The van der Waals surface area contributed by atoms with Gasteiger partial charge in [-0.25, -0.2) is 9.78 Å². The van der Waals surface area contributed by atoms with E-state index >= 15 is 0 Å². The molecule has 0 aromatic carbocycles. The maximum atomic E-state index is 12.8. The molecule has 3 rings (SSSR count). The fourth-order valence-electron chi connectivity index (χ4n) is 3.43. The minimum Gasteiger partial charge on any atom is -0.481 e. The van der Waals surface area contributed by atoms with Crippen LogP contribution in [0.2, 0.25) is 0 Å². The summed E-state index contributed by atoms with van der Waals surface area (Å²) < 4.78 is 5.12. The molecule has 1 N–H and O–H groups in total. The first kappa shape index (κ1) is 19.8. The zero-order chi connectivity index (χ0) is 20.1. The third-order valence-corrected chi connectivity index (χ3v) is 4.97.